The minimum Gasteiger partial charge on any atom is -0.375 e. The molecule has 0 aromatic heterocycles. The van der Waals surface area contributed by atoms with E-state index in [0.717, 1.165) is 6.54 Å². The second-order valence-corrected chi connectivity index (χ2v) is 3.40. The molecular weight excluding hydrogens is 186 g/mol. The molecule has 0 radical (unpaired) electrons. The minimum absolute atomic E-state index is 0.249. The van der Waals surface area contributed by atoms with Crippen molar-refractivity contribution in [1.82, 2.24) is 5.32 Å². The van der Waals surface area contributed by atoms with Crippen LogP contribution in [0.1, 0.15) is 12.5 Å². The fraction of sp³-hybridized carbons (Fsp3) is 0.385. The van der Waals surface area contributed by atoms with Crippen LogP contribution in [-0.4, -0.2) is 19.2 Å². The third-order valence-electron chi connectivity index (χ3n) is 2.16. The second-order valence-electron chi connectivity index (χ2n) is 3.40. The lowest BCUT2D eigenvalue weighted by Gasteiger charge is -2.13. The summed E-state index contributed by atoms with van der Waals surface area (Å²) in [4.78, 5) is 0. The Morgan fingerprint density at radius 2 is 2.13 bits per heavy atom. The molecule has 1 N–H and O–H groups in total. The molecule has 1 aromatic carbocycles. The van der Waals surface area contributed by atoms with Crippen molar-refractivity contribution in [2.24, 2.45) is 0 Å². The highest BCUT2D eigenvalue weighted by Gasteiger charge is 2.01. The predicted octanol–water partition coefficient (Wildman–Crippen LogP) is 2.37. The summed E-state index contributed by atoms with van der Waals surface area (Å²) in [6.07, 6.45) is 1.88. The van der Waals surface area contributed by atoms with Crippen molar-refractivity contribution in [3.63, 3.8) is 0 Å². The van der Waals surface area contributed by atoms with Gasteiger partial charge in [0.1, 0.15) is 0 Å². The number of hydrogen-bond acceptors (Lipinski definition) is 2. The monoisotopic (exact) mass is 205 g/mol. The highest BCUT2D eigenvalue weighted by atomic mass is 16.5. The van der Waals surface area contributed by atoms with Crippen molar-refractivity contribution in [3.05, 3.63) is 48.6 Å². The summed E-state index contributed by atoms with van der Waals surface area (Å²) in [5, 5.41) is 3.28. The van der Waals surface area contributed by atoms with Crippen molar-refractivity contribution < 1.29 is 4.74 Å². The van der Waals surface area contributed by atoms with E-state index in [0.29, 0.717) is 13.2 Å². The van der Waals surface area contributed by atoms with Gasteiger partial charge in [-0.05, 0) is 12.1 Å². The minimum atomic E-state index is 0.249. The van der Waals surface area contributed by atoms with E-state index in [1.165, 1.54) is 5.56 Å². The maximum absolute atomic E-state index is 5.59. The van der Waals surface area contributed by atoms with E-state index in [9.17, 15) is 0 Å². The van der Waals surface area contributed by atoms with Gasteiger partial charge in [-0.1, -0.05) is 43.3 Å². The summed E-state index contributed by atoms with van der Waals surface area (Å²) in [5.74, 6) is 0. The Balaban J connectivity index is 2.23. The molecule has 0 aliphatic heterocycles. The highest BCUT2D eigenvalue weighted by Crippen LogP contribution is 2.01. The molecule has 82 valence electrons. The summed E-state index contributed by atoms with van der Waals surface area (Å²) >= 11 is 0. The molecule has 2 heteroatoms. The molecule has 15 heavy (non-hydrogen) atoms. The SMILES string of the molecule is C=CC(COCc1ccccc1)NCC. The van der Waals surface area contributed by atoms with Gasteiger partial charge in [-0.15, -0.1) is 6.58 Å². The van der Waals surface area contributed by atoms with Crippen LogP contribution in [-0.2, 0) is 11.3 Å². The summed E-state index contributed by atoms with van der Waals surface area (Å²) in [6, 6.07) is 10.4. The van der Waals surface area contributed by atoms with Gasteiger partial charge in [0.25, 0.3) is 0 Å². The van der Waals surface area contributed by atoms with Crippen LogP contribution >= 0.6 is 0 Å². The van der Waals surface area contributed by atoms with Gasteiger partial charge in [0.05, 0.1) is 13.2 Å². The lowest BCUT2D eigenvalue weighted by atomic mass is 10.2. The predicted molar refractivity (Wildman–Crippen MR) is 63.8 cm³/mol. The lowest BCUT2D eigenvalue weighted by Crippen LogP contribution is -2.31. The molecule has 0 fully saturated rings. The molecule has 1 aromatic rings. The van der Waals surface area contributed by atoms with Gasteiger partial charge in [-0.2, -0.15) is 0 Å². The van der Waals surface area contributed by atoms with Gasteiger partial charge in [-0.25, -0.2) is 0 Å². The van der Waals surface area contributed by atoms with E-state index in [2.05, 4.69) is 31.0 Å². The Morgan fingerprint density at radius 3 is 2.73 bits per heavy atom. The summed E-state index contributed by atoms with van der Waals surface area (Å²) in [6.45, 7) is 8.11. The van der Waals surface area contributed by atoms with Gasteiger partial charge >= 0.3 is 0 Å². The largest absolute Gasteiger partial charge is 0.375 e. The van der Waals surface area contributed by atoms with E-state index >= 15 is 0 Å². The molecule has 0 spiro atoms. The number of ether oxygens (including phenoxy) is 1. The highest BCUT2D eigenvalue weighted by molar-refractivity contribution is 5.13. The van der Waals surface area contributed by atoms with E-state index in [-0.39, 0.29) is 6.04 Å². The molecule has 1 atom stereocenters. The van der Waals surface area contributed by atoms with Crippen molar-refractivity contribution in [2.75, 3.05) is 13.2 Å². The van der Waals surface area contributed by atoms with Crippen LogP contribution in [0.5, 0.6) is 0 Å². The van der Waals surface area contributed by atoms with Gasteiger partial charge < -0.3 is 10.1 Å². The third-order valence-corrected chi connectivity index (χ3v) is 2.16. The molecule has 0 bridgehead atoms. The van der Waals surface area contributed by atoms with E-state index in [1.54, 1.807) is 0 Å². The van der Waals surface area contributed by atoms with Gasteiger partial charge in [-0.3, -0.25) is 0 Å². The van der Waals surface area contributed by atoms with Gasteiger partial charge in [0.2, 0.25) is 0 Å². The zero-order valence-corrected chi connectivity index (χ0v) is 9.28. The van der Waals surface area contributed by atoms with Gasteiger partial charge in [0.15, 0.2) is 0 Å². The van der Waals surface area contributed by atoms with Crippen molar-refractivity contribution in [3.8, 4) is 0 Å². The molecule has 0 aliphatic carbocycles. The Labute approximate surface area is 92.0 Å². The first-order valence-electron chi connectivity index (χ1n) is 5.34. The quantitative estimate of drug-likeness (QED) is 0.690. The summed E-state index contributed by atoms with van der Waals surface area (Å²) in [7, 11) is 0. The first-order valence-corrected chi connectivity index (χ1v) is 5.34. The van der Waals surface area contributed by atoms with Crippen LogP contribution in [0.4, 0.5) is 0 Å². The van der Waals surface area contributed by atoms with Crippen molar-refractivity contribution in [2.45, 2.75) is 19.6 Å². The van der Waals surface area contributed by atoms with Crippen LogP contribution in [0.25, 0.3) is 0 Å². The van der Waals surface area contributed by atoms with Crippen LogP contribution in [0.3, 0.4) is 0 Å². The maximum Gasteiger partial charge on any atom is 0.0717 e. The van der Waals surface area contributed by atoms with Crippen LogP contribution < -0.4 is 5.32 Å². The Morgan fingerprint density at radius 1 is 1.40 bits per heavy atom. The second kappa shape index (κ2) is 7.21. The molecule has 1 rings (SSSR count). The molecule has 0 aliphatic rings. The van der Waals surface area contributed by atoms with Crippen LogP contribution in [0, 0.1) is 0 Å². The number of hydrogen-bond donors (Lipinski definition) is 1. The van der Waals surface area contributed by atoms with Crippen molar-refractivity contribution in [1.29, 1.82) is 0 Å². The normalized spacial score (nSPS) is 12.3. The smallest absolute Gasteiger partial charge is 0.0717 e. The fourth-order valence-corrected chi connectivity index (χ4v) is 1.35. The molecule has 0 heterocycles. The molecule has 0 amide bonds. The molecule has 0 saturated heterocycles. The Hall–Kier alpha value is -1.12. The van der Waals surface area contributed by atoms with Crippen molar-refractivity contribution >= 4 is 0 Å². The standard InChI is InChI=1S/C13H19NO/c1-3-13(14-4-2)11-15-10-12-8-6-5-7-9-12/h3,5-9,13-14H,1,4,10-11H2,2H3. The number of nitrogens with one attached hydrogen (secondary N) is 1. The molecule has 1 unspecified atom stereocenters. The Kier molecular flexibility index (Phi) is 5.74. The van der Waals surface area contributed by atoms with Crippen LogP contribution in [0.2, 0.25) is 0 Å². The zero-order chi connectivity index (χ0) is 10.9. The third kappa shape index (κ3) is 4.77. The number of likely N-dealkylation sites (N-methyl/N-ethyl adjacent to an activating group) is 1. The lowest BCUT2D eigenvalue weighted by molar-refractivity contribution is 0.109. The average molecular weight is 205 g/mol. The van der Waals surface area contributed by atoms with Crippen LogP contribution in [0.15, 0.2) is 43.0 Å². The zero-order valence-electron chi connectivity index (χ0n) is 9.28. The van der Waals surface area contributed by atoms with E-state index in [4.69, 9.17) is 4.74 Å². The average Bonchev–Trinajstić information content (AvgIpc) is 2.29. The van der Waals surface area contributed by atoms with E-state index in [1.807, 2.05) is 24.3 Å². The first-order chi connectivity index (χ1) is 7.36. The maximum atomic E-state index is 5.59. The number of rotatable bonds is 7. The van der Waals surface area contributed by atoms with Gasteiger partial charge in [0, 0.05) is 6.04 Å². The summed E-state index contributed by atoms with van der Waals surface area (Å²) in [5.41, 5.74) is 1.21. The molecular formula is C13H19NO. The molecule has 0 saturated carbocycles. The fourth-order valence-electron chi connectivity index (χ4n) is 1.35. The summed E-state index contributed by atoms with van der Waals surface area (Å²) < 4.78 is 5.59. The topological polar surface area (TPSA) is 21.3 Å². The van der Waals surface area contributed by atoms with E-state index < -0.39 is 0 Å². The number of benzene rings is 1. The first kappa shape index (κ1) is 12.0. The molecule has 2 nitrogen and oxygen atoms in total. The Bertz CT molecular complexity index is 271.